The summed E-state index contributed by atoms with van der Waals surface area (Å²) in [6.07, 6.45) is 5.17. The van der Waals surface area contributed by atoms with Crippen LogP contribution in [-0.2, 0) is 7.05 Å². The first-order valence-electron chi connectivity index (χ1n) is 7.38. The highest BCUT2D eigenvalue weighted by Gasteiger charge is 2.24. The van der Waals surface area contributed by atoms with Gasteiger partial charge in [0.15, 0.2) is 5.16 Å². The number of carbonyl (C=O) groups is 1. The first-order chi connectivity index (χ1) is 11.1. The Bertz CT molecular complexity index is 727. The van der Waals surface area contributed by atoms with Crippen molar-refractivity contribution in [2.75, 3.05) is 19.6 Å². The van der Waals surface area contributed by atoms with Gasteiger partial charge in [-0.05, 0) is 24.8 Å². The average molecular weight is 425 g/mol. The van der Waals surface area contributed by atoms with E-state index in [1.54, 1.807) is 18.5 Å². The number of piperazine rings is 1. The second-order valence-corrected chi connectivity index (χ2v) is 6.85. The van der Waals surface area contributed by atoms with E-state index in [0.29, 0.717) is 22.2 Å². The summed E-state index contributed by atoms with van der Waals surface area (Å²) in [5.41, 5.74) is 0.521. The van der Waals surface area contributed by atoms with E-state index < -0.39 is 0 Å². The van der Waals surface area contributed by atoms with Gasteiger partial charge in [-0.3, -0.25) is 4.79 Å². The Kier molecular flexibility index (Phi) is 8.50. The zero-order chi connectivity index (χ0) is 16.4. The summed E-state index contributed by atoms with van der Waals surface area (Å²) in [7, 11) is 1.91. The summed E-state index contributed by atoms with van der Waals surface area (Å²) in [6, 6.07) is 1.85. The van der Waals surface area contributed by atoms with Crippen LogP contribution in [0.1, 0.15) is 17.3 Å². The molecule has 1 fully saturated rings. The maximum atomic E-state index is 12.6. The predicted octanol–water partition coefficient (Wildman–Crippen LogP) is 2.90. The van der Waals surface area contributed by atoms with E-state index in [4.69, 9.17) is 11.6 Å². The number of nitrogens with zero attached hydrogens (tertiary/aromatic N) is 4. The molecule has 0 aromatic carbocycles. The van der Waals surface area contributed by atoms with Gasteiger partial charge in [-0.25, -0.2) is 9.97 Å². The number of halogens is 3. The molecule has 1 aliphatic rings. The lowest BCUT2D eigenvalue weighted by molar-refractivity contribution is 0.0655. The highest BCUT2D eigenvalue weighted by Crippen LogP contribution is 2.30. The number of pyridine rings is 1. The van der Waals surface area contributed by atoms with Crippen molar-refractivity contribution >= 4 is 54.1 Å². The monoisotopic (exact) mass is 423 g/mol. The van der Waals surface area contributed by atoms with Gasteiger partial charge in [0.25, 0.3) is 5.91 Å². The van der Waals surface area contributed by atoms with E-state index in [-0.39, 0.29) is 36.8 Å². The molecular formula is C15H20Cl3N5OS. The van der Waals surface area contributed by atoms with E-state index >= 15 is 0 Å². The van der Waals surface area contributed by atoms with Crippen molar-refractivity contribution in [2.45, 2.75) is 23.1 Å². The van der Waals surface area contributed by atoms with E-state index in [1.165, 1.54) is 11.8 Å². The molecule has 3 heterocycles. The Morgan fingerprint density at radius 1 is 1.40 bits per heavy atom. The molecule has 6 nitrogen and oxygen atoms in total. The van der Waals surface area contributed by atoms with Crippen molar-refractivity contribution in [3.8, 4) is 0 Å². The van der Waals surface area contributed by atoms with E-state index in [0.717, 1.165) is 18.2 Å². The molecule has 1 atom stereocenters. The summed E-state index contributed by atoms with van der Waals surface area (Å²) < 4.78 is 1.89. The molecule has 3 rings (SSSR count). The fourth-order valence-electron chi connectivity index (χ4n) is 2.46. The van der Waals surface area contributed by atoms with Crippen LogP contribution < -0.4 is 5.32 Å². The summed E-state index contributed by atoms with van der Waals surface area (Å²) in [5.74, 6) is -0.0260. The van der Waals surface area contributed by atoms with E-state index in [9.17, 15) is 4.79 Å². The van der Waals surface area contributed by atoms with Gasteiger partial charge in [-0.1, -0.05) is 11.6 Å². The lowest BCUT2D eigenvalue weighted by Crippen LogP contribution is -2.52. The first kappa shape index (κ1) is 22.1. The van der Waals surface area contributed by atoms with Gasteiger partial charge in [0, 0.05) is 51.3 Å². The van der Waals surface area contributed by atoms with Crippen LogP contribution in [0.15, 0.2) is 34.8 Å². The van der Waals surface area contributed by atoms with Crippen LogP contribution in [-0.4, -0.2) is 51.0 Å². The standard InChI is InChI=1S/C15H18ClN5OS.2ClH/c1-10-8-17-3-6-21(10)14(22)11-7-12(16)13(19-9-11)23-15-18-4-5-20(15)2;;/h4-5,7,9-10,17H,3,6,8H2,1-2H3;2*1H/t10-;;/m0../s1. The molecule has 2 aromatic rings. The molecular weight excluding hydrogens is 405 g/mol. The zero-order valence-electron chi connectivity index (χ0n) is 13.8. The maximum absolute atomic E-state index is 12.6. The van der Waals surface area contributed by atoms with Gasteiger partial charge >= 0.3 is 0 Å². The molecule has 2 aromatic heterocycles. The normalized spacial score (nSPS) is 16.8. The zero-order valence-corrected chi connectivity index (χ0v) is 17.0. The molecule has 0 radical (unpaired) electrons. The fraction of sp³-hybridized carbons (Fsp3) is 0.400. The topological polar surface area (TPSA) is 63.1 Å². The van der Waals surface area contributed by atoms with Crippen molar-refractivity contribution < 1.29 is 4.79 Å². The molecule has 0 aliphatic carbocycles. The van der Waals surface area contributed by atoms with Crippen molar-refractivity contribution in [3.05, 3.63) is 35.2 Å². The van der Waals surface area contributed by atoms with Crippen molar-refractivity contribution in [2.24, 2.45) is 7.05 Å². The molecule has 1 amide bonds. The van der Waals surface area contributed by atoms with Gasteiger partial charge in [-0.15, -0.1) is 24.8 Å². The van der Waals surface area contributed by atoms with Crippen LogP contribution in [0.2, 0.25) is 5.02 Å². The van der Waals surface area contributed by atoms with Crippen LogP contribution in [0.4, 0.5) is 0 Å². The molecule has 1 aliphatic heterocycles. The summed E-state index contributed by atoms with van der Waals surface area (Å²) in [4.78, 5) is 23.1. The second-order valence-electron chi connectivity index (χ2n) is 5.49. The minimum absolute atomic E-state index is 0. The SMILES string of the molecule is C[C@H]1CNCCN1C(=O)c1cnc(Sc2nccn2C)c(Cl)c1.Cl.Cl. The lowest BCUT2D eigenvalue weighted by Gasteiger charge is -2.34. The second kappa shape index (κ2) is 9.64. The highest BCUT2D eigenvalue weighted by atomic mass is 35.5. The Labute approximate surface area is 168 Å². The number of hydrogen-bond donors (Lipinski definition) is 1. The third kappa shape index (κ3) is 5.01. The van der Waals surface area contributed by atoms with E-state index in [1.807, 2.05) is 29.6 Å². The van der Waals surface area contributed by atoms with Crippen LogP contribution in [0.5, 0.6) is 0 Å². The molecule has 0 bridgehead atoms. The first-order valence-corrected chi connectivity index (χ1v) is 8.58. The lowest BCUT2D eigenvalue weighted by atomic mass is 10.1. The van der Waals surface area contributed by atoms with Gasteiger partial charge < -0.3 is 14.8 Å². The third-order valence-corrected chi connectivity index (χ3v) is 5.28. The number of aromatic nitrogens is 3. The largest absolute Gasteiger partial charge is 0.333 e. The number of aryl methyl sites for hydroxylation is 1. The molecule has 1 saturated heterocycles. The smallest absolute Gasteiger partial charge is 0.255 e. The van der Waals surface area contributed by atoms with Gasteiger partial charge in [0.2, 0.25) is 0 Å². The third-order valence-electron chi connectivity index (χ3n) is 3.78. The highest BCUT2D eigenvalue weighted by molar-refractivity contribution is 7.99. The van der Waals surface area contributed by atoms with Crippen molar-refractivity contribution in [3.63, 3.8) is 0 Å². The summed E-state index contributed by atoms with van der Waals surface area (Å²) in [6.45, 7) is 4.34. The van der Waals surface area contributed by atoms with Crippen LogP contribution >= 0.6 is 48.2 Å². The number of carbonyl (C=O) groups excluding carboxylic acids is 1. The van der Waals surface area contributed by atoms with Gasteiger partial charge in [0.05, 0.1) is 10.6 Å². The Balaban J connectivity index is 0.00000156. The molecule has 0 unspecified atom stereocenters. The molecule has 0 spiro atoms. The van der Waals surface area contributed by atoms with Crippen molar-refractivity contribution in [1.29, 1.82) is 0 Å². The Hall–Kier alpha value is -0.990. The van der Waals surface area contributed by atoms with Crippen molar-refractivity contribution in [1.82, 2.24) is 24.8 Å². The molecule has 138 valence electrons. The predicted molar refractivity (Wildman–Crippen MR) is 104 cm³/mol. The Morgan fingerprint density at radius 2 is 2.16 bits per heavy atom. The van der Waals surface area contributed by atoms with Crippen LogP contribution in [0.3, 0.4) is 0 Å². The summed E-state index contributed by atoms with van der Waals surface area (Å²) >= 11 is 7.69. The van der Waals surface area contributed by atoms with Gasteiger partial charge in [-0.2, -0.15) is 0 Å². The number of nitrogens with one attached hydrogen (secondary N) is 1. The number of hydrogen-bond acceptors (Lipinski definition) is 5. The Morgan fingerprint density at radius 3 is 2.76 bits per heavy atom. The minimum Gasteiger partial charge on any atom is -0.333 e. The number of amides is 1. The van der Waals surface area contributed by atoms with E-state index in [2.05, 4.69) is 15.3 Å². The fourth-order valence-corrected chi connectivity index (χ4v) is 3.50. The average Bonchev–Trinajstić information content (AvgIpc) is 2.94. The number of rotatable bonds is 3. The molecule has 1 N–H and O–H groups in total. The maximum Gasteiger partial charge on any atom is 0.255 e. The quantitative estimate of drug-likeness (QED) is 0.821. The molecule has 25 heavy (non-hydrogen) atoms. The van der Waals surface area contributed by atoms with Crippen LogP contribution in [0.25, 0.3) is 0 Å². The molecule has 10 heteroatoms. The molecule has 0 saturated carbocycles. The number of imidazole rings is 1. The van der Waals surface area contributed by atoms with Crippen LogP contribution in [0, 0.1) is 0 Å². The summed E-state index contributed by atoms with van der Waals surface area (Å²) in [5, 5.41) is 5.18. The van der Waals surface area contributed by atoms with Gasteiger partial charge in [0.1, 0.15) is 5.03 Å². The minimum atomic E-state index is -0.0260.